The minimum Gasteiger partial charge on any atom is -0.467 e. The SMILES string of the molecule is COC(=O)C(C)(C)NC(=O)[C@H](C)NC(=O)OC(C)(C)C. The van der Waals surface area contributed by atoms with E-state index in [4.69, 9.17) is 4.74 Å². The summed E-state index contributed by atoms with van der Waals surface area (Å²) in [5.74, 6) is -1.08. The Kier molecular flexibility index (Phi) is 5.99. The molecule has 0 rings (SSSR count). The lowest BCUT2D eigenvalue weighted by Crippen LogP contribution is -2.56. The van der Waals surface area contributed by atoms with Gasteiger partial charge in [-0.05, 0) is 41.5 Å². The maximum absolute atomic E-state index is 11.9. The quantitative estimate of drug-likeness (QED) is 0.752. The minimum absolute atomic E-state index is 0.508. The van der Waals surface area contributed by atoms with Gasteiger partial charge in [0.25, 0.3) is 0 Å². The Bertz CT molecular complexity index is 385. The summed E-state index contributed by atoms with van der Waals surface area (Å²) in [7, 11) is 1.23. The van der Waals surface area contributed by atoms with Crippen LogP contribution in [0.25, 0.3) is 0 Å². The van der Waals surface area contributed by atoms with Crippen molar-refractivity contribution >= 4 is 18.0 Å². The van der Waals surface area contributed by atoms with E-state index in [0.717, 1.165) is 0 Å². The molecule has 2 N–H and O–H groups in total. The van der Waals surface area contributed by atoms with Crippen LogP contribution in [-0.2, 0) is 19.1 Å². The van der Waals surface area contributed by atoms with Crippen LogP contribution in [0, 0.1) is 0 Å². The Balaban J connectivity index is 4.50. The third-order valence-corrected chi connectivity index (χ3v) is 2.26. The molecule has 116 valence electrons. The highest BCUT2D eigenvalue weighted by Gasteiger charge is 2.32. The highest BCUT2D eigenvalue weighted by molar-refractivity contribution is 5.91. The van der Waals surface area contributed by atoms with Gasteiger partial charge in [0.2, 0.25) is 5.91 Å². The zero-order chi connectivity index (χ0) is 16.1. The van der Waals surface area contributed by atoms with Gasteiger partial charge in [-0.15, -0.1) is 0 Å². The van der Waals surface area contributed by atoms with Crippen molar-refractivity contribution in [3.05, 3.63) is 0 Å². The van der Waals surface area contributed by atoms with Crippen LogP contribution in [0.15, 0.2) is 0 Å². The van der Waals surface area contributed by atoms with Crippen LogP contribution in [0.1, 0.15) is 41.5 Å². The van der Waals surface area contributed by atoms with Gasteiger partial charge in [0.05, 0.1) is 7.11 Å². The van der Waals surface area contributed by atoms with Crippen molar-refractivity contribution in [3.63, 3.8) is 0 Å². The molecule has 20 heavy (non-hydrogen) atoms. The topological polar surface area (TPSA) is 93.7 Å². The van der Waals surface area contributed by atoms with Crippen molar-refractivity contribution < 1.29 is 23.9 Å². The van der Waals surface area contributed by atoms with Gasteiger partial charge in [-0.25, -0.2) is 9.59 Å². The van der Waals surface area contributed by atoms with Crippen LogP contribution in [-0.4, -0.2) is 42.3 Å². The van der Waals surface area contributed by atoms with E-state index in [2.05, 4.69) is 15.4 Å². The number of rotatable bonds is 4. The first-order valence-electron chi connectivity index (χ1n) is 6.29. The fraction of sp³-hybridized carbons (Fsp3) is 0.769. The van der Waals surface area contributed by atoms with Crippen LogP contribution in [0.2, 0.25) is 0 Å². The molecule has 7 nitrogen and oxygen atoms in total. The molecular formula is C13H24N2O5. The molecule has 0 saturated heterocycles. The molecule has 0 fully saturated rings. The number of carbonyl (C=O) groups is 3. The van der Waals surface area contributed by atoms with E-state index in [1.807, 2.05) is 0 Å². The van der Waals surface area contributed by atoms with Crippen molar-refractivity contribution in [1.29, 1.82) is 0 Å². The third kappa shape index (κ3) is 6.40. The first kappa shape index (κ1) is 18.2. The van der Waals surface area contributed by atoms with E-state index >= 15 is 0 Å². The average Bonchev–Trinajstić information content (AvgIpc) is 2.24. The van der Waals surface area contributed by atoms with E-state index in [0.29, 0.717) is 0 Å². The van der Waals surface area contributed by atoms with E-state index in [1.165, 1.54) is 27.9 Å². The molecule has 0 aliphatic carbocycles. The normalized spacial score (nSPS) is 13.2. The van der Waals surface area contributed by atoms with E-state index in [-0.39, 0.29) is 0 Å². The Morgan fingerprint density at radius 1 is 1.05 bits per heavy atom. The molecule has 0 heterocycles. The molecule has 0 spiro atoms. The number of carbonyl (C=O) groups excluding carboxylic acids is 3. The van der Waals surface area contributed by atoms with Crippen molar-refractivity contribution in [3.8, 4) is 0 Å². The van der Waals surface area contributed by atoms with Crippen LogP contribution >= 0.6 is 0 Å². The summed E-state index contributed by atoms with van der Waals surface area (Å²) in [5, 5.41) is 4.88. The van der Waals surface area contributed by atoms with Gasteiger partial charge in [-0.2, -0.15) is 0 Å². The summed E-state index contributed by atoms with van der Waals surface area (Å²) in [6.45, 7) is 9.67. The maximum atomic E-state index is 11.9. The van der Waals surface area contributed by atoms with Crippen LogP contribution in [0.5, 0.6) is 0 Å². The largest absolute Gasteiger partial charge is 0.467 e. The lowest BCUT2D eigenvalue weighted by molar-refractivity contribution is -0.149. The predicted molar refractivity (Wildman–Crippen MR) is 73.1 cm³/mol. The molecule has 0 aliphatic rings. The van der Waals surface area contributed by atoms with Gasteiger partial charge in [0.15, 0.2) is 0 Å². The number of nitrogens with one attached hydrogen (secondary N) is 2. The average molecular weight is 288 g/mol. The summed E-state index contributed by atoms with van der Waals surface area (Å²) in [6.07, 6.45) is -0.698. The van der Waals surface area contributed by atoms with Gasteiger partial charge in [0.1, 0.15) is 17.2 Å². The number of methoxy groups -OCH3 is 1. The third-order valence-electron chi connectivity index (χ3n) is 2.26. The Morgan fingerprint density at radius 3 is 1.95 bits per heavy atom. The van der Waals surface area contributed by atoms with Crippen LogP contribution < -0.4 is 10.6 Å². The number of hydrogen-bond acceptors (Lipinski definition) is 5. The van der Waals surface area contributed by atoms with Gasteiger partial charge in [0, 0.05) is 0 Å². The van der Waals surface area contributed by atoms with E-state index in [9.17, 15) is 14.4 Å². The second kappa shape index (κ2) is 6.58. The molecule has 0 aromatic rings. The lowest BCUT2D eigenvalue weighted by atomic mass is 10.1. The zero-order valence-electron chi connectivity index (χ0n) is 13.1. The number of ether oxygens (including phenoxy) is 2. The molecular weight excluding hydrogens is 264 g/mol. The Morgan fingerprint density at radius 2 is 1.55 bits per heavy atom. The number of amides is 2. The van der Waals surface area contributed by atoms with Crippen molar-refractivity contribution in [1.82, 2.24) is 10.6 Å². The summed E-state index contributed by atoms with van der Waals surface area (Å²) < 4.78 is 9.61. The predicted octanol–water partition coefficient (Wildman–Crippen LogP) is 0.967. The summed E-state index contributed by atoms with van der Waals surface area (Å²) >= 11 is 0. The minimum atomic E-state index is -1.17. The standard InChI is InChI=1S/C13H24N2O5/c1-8(14-11(18)20-12(2,3)4)9(16)15-13(5,6)10(17)19-7/h8H,1-7H3,(H,14,18)(H,15,16)/t8-/m0/s1. The second-order valence-electron chi connectivity index (χ2n) is 5.97. The molecule has 0 bridgehead atoms. The van der Waals surface area contributed by atoms with Gasteiger partial charge >= 0.3 is 12.1 Å². The molecule has 0 aliphatic heterocycles. The monoisotopic (exact) mass is 288 g/mol. The summed E-state index contributed by atoms with van der Waals surface area (Å²) in [6, 6.07) is -0.839. The first-order chi connectivity index (χ1) is 8.89. The molecule has 2 amide bonds. The molecule has 0 aromatic carbocycles. The van der Waals surface area contributed by atoms with Crippen molar-refractivity contribution in [2.24, 2.45) is 0 Å². The highest BCUT2D eigenvalue weighted by Crippen LogP contribution is 2.08. The van der Waals surface area contributed by atoms with Gasteiger partial charge in [-0.3, -0.25) is 4.79 Å². The molecule has 1 atom stereocenters. The molecule has 0 radical (unpaired) electrons. The lowest BCUT2D eigenvalue weighted by Gasteiger charge is -2.26. The number of esters is 1. The van der Waals surface area contributed by atoms with Gasteiger partial charge < -0.3 is 20.1 Å². The molecule has 0 aromatic heterocycles. The van der Waals surface area contributed by atoms with Crippen LogP contribution in [0.4, 0.5) is 4.79 Å². The van der Waals surface area contributed by atoms with Gasteiger partial charge in [-0.1, -0.05) is 0 Å². The fourth-order valence-corrected chi connectivity index (χ4v) is 1.27. The second-order valence-corrected chi connectivity index (χ2v) is 5.97. The molecule has 0 unspecified atom stereocenters. The first-order valence-corrected chi connectivity index (χ1v) is 6.29. The summed E-state index contributed by atoms with van der Waals surface area (Å²) in [5.41, 5.74) is -1.82. The Labute approximate surface area is 119 Å². The summed E-state index contributed by atoms with van der Waals surface area (Å²) in [4.78, 5) is 34.9. The van der Waals surface area contributed by atoms with Crippen LogP contribution in [0.3, 0.4) is 0 Å². The van der Waals surface area contributed by atoms with E-state index in [1.54, 1.807) is 20.8 Å². The fourth-order valence-electron chi connectivity index (χ4n) is 1.27. The molecule has 7 heteroatoms. The highest BCUT2D eigenvalue weighted by atomic mass is 16.6. The molecule has 0 saturated carbocycles. The van der Waals surface area contributed by atoms with Crippen molar-refractivity contribution in [2.45, 2.75) is 58.7 Å². The number of hydrogen-bond donors (Lipinski definition) is 2. The maximum Gasteiger partial charge on any atom is 0.408 e. The zero-order valence-corrected chi connectivity index (χ0v) is 13.1. The number of alkyl carbamates (subject to hydrolysis) is 1. The van der Waals surface area contributed by atoms with Crippen molar-refractivity contribution in [2.75, 3.05) is 7.11 Å². The smallest absolute Gasteiger partial charge is 0.408 e. The van der Waals surface area contributed by atoms with E-state index < -0.39 is 35.2 Å². The Hall–Kier alpha value is -1.79.